The smallest absolute Gasteiger partial charge is 0.249 e. The molecule has 1 aliphatic heterocycles. The molecule has 0 bridgehead atoms. The molecule has 0 spiro atoms. The van der Waals surface area contributed by atoms with E-state index in [1.165, 1.54) is 38.5 Å². The maximum atomic E-state index is 12.9. The molecule has 0 saturated carbocycles. The van der Waals surface area contributed by atoms with E-state index in [9.17, 15) is 40.5 Å². The average Bonchev–Trinajstić information content (AvgIpc) is 3.05. The molecule has 8 N–H and O–H groups in total. The van der Waals surface area contributed by atoms with Crippen molar-refractivity contribution in [2.75, 3.05) is 13.2 Å². The van der Waals surface area contributed by atoms with E-state index in [1.54, 1.807) is 0 Å². The summed E-state index contributed by atoms with van der Waals surface area (Å²) in [4.78, 5) is 12.9. The highest BCUT2D eigenvalue weighted by Crippen LogP contribution is 2.23. The predicted molar refractivity (Wildman–Crippen MR) is 178 cm³/mol. The van der Waals surface area contributed by atoms with Gasteiger partial charge in [-0.25, -0.2) is 0 Å². The van der Waals surface area contributed by atoms with Crippen LogP contribution in [0.15, 0.2) is 24.3 Å². The molecule has 1 heterocycles. The number of carbonyl (C=O) groups is 1. The molecule has 0 aromatic rings. The number of rotatable bonds is 27. The van der Waals surface area contributed by atoms with Crippen LogP contribution < -0.4 is 5.32 Å². The minimum Gasteiger partial charge on any atom is -0.394 e. The van der Waals surface area contributed by atoms with E-state index in [1.807, 2.05) is 6.08 Å². The Morgan fingerprint density at radius 1 is 0.739 bits per heavy atom. The maximum absolute atomic E-state index is 12.9. The summed E-state index contributed by atoms with van der Waals surface area (Å²) < 4.78 is 11.0. The molecule has 1 rings (SSSR count). The van der Waals surface area contributed by atoms with Crippen LogP contribution in [-0.4, -0.2) is 110 Å². The molecule has 0 aliphatic carbocycles. The van der Waals surface area contributed by atoms with Crippen molar-refractivity contribution in [3.8, 4) is 0 Å². The van der Waals surface area contributed by atoms with E-state index < -0.39 is 74.2 Å². The number of amides is 1. The van der Waals surface area contributed by atoms with Crippen molar-refractivity contribution in [3.05, 3.63) is 24.3 Å². The van der Waals surface area contributed by atoms with Crippen molar-refractivity contribution in [1.82, 2.24) is 5.32 Å². The fourth-order valence-electron chi connectivity index (χ4n) is 5.38. The highest BCUT2D eigenvalue weighted by molar-refractivity contribution is 5.80. The average molecular weight is 660 g/mol. The van der Waals surface area contributed by atoms with Gasteiger partial charge in [-0.3, -0.25) is 4.79 Å². The molecule has 46 heavy (non-hydrogen) atoms. The Bertz CT molecular complexity index is 810. The van der Waals surface area contributed by atoms with E-state index >= 15 is 0 Å². The van der Waals surface area contributed by atoms with Crippen LogP contribution in [0, 0.1) is 0 Å². The molecule has 0 aromatic heterocycles. The second kappa shape index (κ2) is 26.5. The maximum Gasteiger partial charge on any atom is 0.249 e. The lowest BCUT2D eigenvalue weighted by Gasteiger charge is -2.40. The van der Waals surface area contributed by atoms with Crippen molar-refractivity contribution >= 4 is 5.91 Å². The lowest BCUT2D eigenvalue weighted by atomic mass is 9.98. The van der Waals surface area contributed by atoms with Crippen LogP contribution in [0.3, 0.4) is 0 Å². The zero-order valence-corrected chi connectivity index (χ0v) is 28.3. The van der Waals surface area contributed by atoms with E-state index in [4.69, 9.17) is 9.47 Å². The number of ether oxygens (including phenoxy) is 2. The number of allylic oxidation sites excluding steroid dienone is 4. The van der Waals surface area contributed by atoms with Crippen molar-refractivity contribution in [3.63, 3.8) is 0 Å². The van der Waals surface area contributed by atoms with E-state index in [-0.39, 0.29) is 12.8 Å². The van der Waals surface area contributed by atoms with Crippen LogP contribution in [-0.2, 0) is 14.3 Å². The van der Waals surface area contributed by atoms with E-state index in [2.05, 4.69) is 37.4 Å². The third-order valence-electron chi connectivity index (χ3n) is 8.48. The van der Waals surface area contributed by atoms with Crippen molar-refractivity contribution in [2.45, 2.75) is 178 Å². The Kier molecular flexibility index (Phi) is 24.6. The number of carbonyl (C=O) groups excluding carboxylic acids is 1. The lowest BCUT2D eigenvalue weighted by Crippen LogP contribution is -2.60. The zero-order valence-electron chi connectivity index (χ0n) is 28.3. The van der Waals surface area contributed by atoms with Crippen LogP contribution in [0.2, 0.25) is 0 Å². The summed E-state index contributed by atoms with van der Waals surface area (Å²) in [6.45, 7) is 3.27. The highest BCUT2D eigenvalue weighted by atomic mass is 16.7. The molecule has 1 aliphatic rings. The first kappa shape index (κ1) is 42.6. The molecule has 1 saturated heterocycles. The van der Waals surface area contributed by atoms with Crippen molar-refractivity contribution < 1.29 is 50.0 Å². The second-order valence-corrected chi connectivity index (χ2v) is 12.6. The SMILES string of the molecule is CCCC/C=C/CC/C=C/CCCC(O)C(O)C(COC1OC(CO)C(O)C(O)C1O)NC(=O)C(O)CCCCCCCCCC. The summed E-state index contributed by atoms with van der Waals surface area (Å²) in [7, 11) is 0. The van der Waals surface area contributed by atoms with E-state index in [0.717, 1.165) is 38.5 Å². The molecule has 9 atom stereocenters. The van der Waals surface area contributed by atoms with Crippen LogP contribution in [0.1, 0.15) is 123 Å². The molecule has 11 nitrogen and oxygen atoms in total. The number of nitrogens with one attached hydrogen (secondary N) is 1. The summed E-state index contributed by atoms with van der Waals surface area (Å²) in [6.07, 6.45) is 12.7. The van der Waals surface area contributed by atoms with Gasteiger partial charge in [0.05, 0.1) is 25.4 Å². The van der Waals surface area contributed by atoms with Gasteiger partial charge in [0.1, 0.15) is 36.6 Å². The summed E-state index contributed by atoms with van der Waals surface area (Å²) in [5.41, 5.74) is 0. The van der Waals surface area contributed by atoms with Crippen molar-refractivity contribution in [2.24, 2.45) is 0 Å². The van der Waals surface area contributed by atoms with Crippen LogP contribution in [0.5, 0.6) is 0 Å². The second-order valence-electron chi connectivity index (χ2n) is 12.6. The van der Waals surface area contributed by atoms with Gasteiger partial charge in [-0.15, -0.1) is 0 Å². The molecular formula is C35H65NO10. The van der Waals surface area contributed by atoms with Gasteiger partial charge in [-0.2, -0.15) is 0 Å². The minimum absolute atomic E-state index is 0.246. The molecule has 270 valence electrons. The summed E-state index contributed by atoms with van der Waals surface area (Å²) in [5, 5.41) is 74.8. The molecule has 9 unspecified atom stereocenters. The van der Waals surface area contributed by atoms with Gasteiger partial charge < -0.3 is 50.5 Å². The van der Waals surface area contributed by atoms with Gasteiger partial charge in [-0.1, -0.05) is 102 Å². The van der Waals surface area contributed by atoms with Crippen LogP contribution in [0.4, 0.5) is 0 Å². The molecule has 0 aromatic carbocycles. The van der Waals surface area contributed by atoms with Gasteiger partial charge in [0.15, 0.2) is 6.29 Å². The first-order valence-electron chi connectivity index (χ1n) is 17.7. The Morgan fingerprint density at radius 3 is 1.91 bits per heavy atom. The normalized spacial score (nSPS) is 24.8. The Morgan fingerprint density at radius 2 is 1.30 bits per heavy atom. The topological polar surface area (TPSA) is 189 Å². The van der Waals surface area contributed by atoms with Crippen LogP contribution >= 0.6 is 0 Å². The van der Waals surface area contributed by atoms with Gasteiger partial charge in [0, 0.05) is 0 Å². The number of aliphatic hydroxyl groups is 7. The zero-order chi connectivity index (χ0) is 34.2. The Hall–Kier alpha value is -1.41. The van der Waals surface area contributed by atoms with Crippen LogP contribution in [0.25, 0.3) is 0 Å². The lowest BCUT2D eigenvalue weighted by molar-refractivity contribution is -0.303. The number of unbranched alkanes of at least 4 members (excludes halogenated alkanes) is 11. The van der Waals surface area contributed by atoms with Gasteiger partial charge >= 0.3 is 0 Å². The standard InChI is InChI=1S/C35H65NO10/c1-3-5-7-9-11-13-14-15-17-18-20-22-27(38)30(40)26(25-45-35-33(43)32(42)31(41)29(24-37)46-35)36-34(44)28(39)23-21-19-16-12-10-8-6-4-2/h9,11,15,17,26-33,35,37-43H,3-8,10,12-14,16,18-25H2,1-2H3,(H,36,44)/b11-9+,17-15+. The summed E-state index contributed by atoms with van der Waals surface area (Å²) in [5.74, 6) is -0.719. The van der Waals surface area contributed by atoms with Crippen molar-refractivity contribution in [1.29, 1.82) is 0 Å². The predicted octanol–water partition coefficient (Wildman–Crippen LogP) is 3.15. The third-order valence-corrected chi connectivity index (χ3v) is 8.48. The number of hydrogen-bond acceptors (Lipinski definition) is 10. The van der Waals surface area contributed by atoms with Gasteiger partial charge in [-0.05, 0) is 44.9 Å². The monoisotopic (exact) mass is 659 g/mol. The minimum atomic E-state index is -1.66. The third kappa shape index (κ3) is 17.7. The molecule has 11 heteroatoms. The largest absolute Gasteiger partial charge is 0.394 e. The fraction of sp³-hybridized carbons (Fsp3) is 0.857. The Balaban J connectivity index is 2.67. The summed E-state index contributed by atoms with van der Waals surface area (Å²) >= 11 is 0. The van der Waals surface area contributed by atoms with Gasteiger partial charge in [0.2, 0.25) is 5.91 Å². The Labute approximate surface area is 276 Å². The number of hydrogen-bond donors (Lipinski definition) is 8. The molecule has 1 amide bonds. The fourth-order valence-corrected chi connectivity index (χ4v) is 5.38. The highest BCUT2D eigenvalue weighted by Gasteiger charge is 2.44. The quantitative estimate of drug-likeness (QED) is 0.0481. The molecule has 1 fully saturated rings. The molecule has 0 radical (unpaired) electrons. The first-order chi connectivity index (χ1) is 22.2. The van der Waals surface area contributed by atoms with Gasteiger partial charge in [0.25, 0.3) is 0 Å². The number of aliphatic hydroxyl groups excluding tert-OH is 7. The first-order valence-corrected chi connectivity index (χ1v) is 17.7. The summed E-state index contributed by atoms with van der Waals surface area (Å²) in [6, 6.07) is -1.18. The van der Waals surface area contributed by atoms with E-state index in [0.29, 0.717) is 19.3 Å². The molecular weight excluding hydrogens is 594 g/mol.